The molecule has 1 aliphatic heterocycles. The number of hydrogen-bond donors (Lipinski definition) is 0. The van der Waals surface area contributed by atoms with Gasteiger partial charge in [-0.05, 0) is 12.1 Å². The number of hydrogen-bond acceptors (Lipinski definition) is 4. The van der Waals surface area contributed by atoms with E-state index in [4.69, 9.17) is 10.00 Å². The van der Waals surface area contributed by atoms with E-state index in [-0.39, 0.29) is 5.82 Å². The molecule has 84 valence electrons. The zero-order valence-electron chi connectivity index (χ0n) is 8.77. The van der Waals surface area contributed by atoms with Gasteiger partial charge in [0.15, 0.2) is 0 Å². The van der Waals surface area contributed by atoms with Gasteiger partial charge in [0.2, 0.25) is 0 Å². The van der Waals surface area contributed by atoms with Crippen LogP contribution in [0.25, 0.3) is 0 Å². The number of halogens is 1. The van der Waals surface area contributed by atoms with E-state index in [1.54, 1.807) is 6.07 Å². The molecule has 0 spiro atoms. The van der Waals surface area contributed by atoms with Crippen LogP contribution in [-0.2, 0) is 4.74 Å². The lowest BCUT2D eigenvalue weighted by atomic mass is 10.1. The van der Waals surface area contributed by atoms with E-state index in [9.17, 15) is 4.39 Å². The van der Waals surface area contributed by atoms with Crippen molar-refractivity contribution in [2.75, 3.05) is 26.3 Å². The summed E-state index contributed by atoms with van der Waals surface area (Å²) in [6.45, 7) is 2.66. The normalized spacial score (nSPS) is 19.0. The average Bonchev–Trinajstić information content (AvgIpc) is 2.34. The van der Waals surface area contributed by atoms with Crippen LogP contribution in [0.4, 0.5) is 4.39 Å². The van der Waals surface area contributed by atoms with Gasteiger partial charge in [0.25, 0.3) is 0 Å². The van der Waals surface area contributed by atoms with Crippen molar-refractivity contribution < 1.29 is 9.13 Å². The molecule has 5 heteroatoms. The van der Waals surface area contributed by atoms with Gasteiger partial charge >= 0.3 is 0 Å². The summed E-state index contributed by atoms with van der Waals surface area (Å²) in [5, 5.41) is 9.13. The summed E-state index contributed by atoms with van der Waals surface area (Å²) in [4.78, 5) is 5.93. The van der Waals surface area contributed by atoms with Crippen molar-refractivity contribution >= 4 is 0 Å². The Morgan fingerprint density at radius 3 is 2.75 bits per heavy atom. The van der Waals surface area contributed by atoms with Crippen LogP contribution in [0.2, 0.25) is 0 Å². The van der Waals surface area contributed by atoms with E-state index >= 15 is 0 Å². The molecule has 0 N–H and O–H groups in total. The summed E-state index contributed by atoms with van der Waals surface area (Å²) in [7, 11) is 0. The van der Waals surface area contributed by atoms with Gasteiger partial charge in [-0.3, -0.25) is 9.88 Å². The lowest BCUT2D eigenvalue weighted by molar-refractivity contribution is 0.0259. The molecular formula is C11H12FN3O. The topological polar surface area (TPSA) is 49.2 Å². The van der Waals surface area contributed by atoms with Crippen molar-refractivity contribution in [3.63, 3.8) is 0 Å². The van der Waals surface area contributed by atoms with E-state index in [0.717, 1.165) is 6.20 Å². The highest BCUT2D eigenvalue weighted by molar-refractivity contribution is 5.16. The molecule has 0 amide bonds. The van der Waals surface area contributed by atoms with Crippen molar-refractivity contribution in [3.8, 4) is 6.07 Å². The van der Waals surface area contributed by atoms with Gasteiger partial charge in [0, 0.05) is 13.1 Å². The van der Waals surface area contributed by atoms with E-state index in [2.05, 4.69) is 11.1 Å². The second-order valence-electron chi connectivity index (χ2n) is 3.58. The molecule has 0 aromatic carbocycles. The summed E-state index contributed by atoms with van der Waals surface area (Å²) < 4.78 is 17.9. The number of rotatable bonds is 2. The number of aromatic nitrogens is 1. The summed E-state index contributed by atoms with van der Waals surface area (Å²) in [5.41, 5.74) is 0.589. The highest BCUT2D eigenvalue weighted by Crippen LogP contribution is 2.18. The summed E-state index contributed by atoms with van der Waals surface area (Å²) in [5.74, 6) is -0.387. The van der Waals surface area contributed by atoms with Gasteiger partial charge in [0.1, 0.15) is 11.9 Å². The highest BCUT2D eigenvalue weighted by Gasteiger charge is 2.23. The number of morpholine rings is 1. The average molecular weight is 221 g/mol. The van der Waals surface area contributed by atoms with E-state index in [1.807, 2.05) is 4.90 Å². The van der Waals surface area contributed by atoms with Crippen LogP contribution in [0.5, 0.6) is 0 Å². The third kappa shape index (κ3) is 2.35. The monoisotopic (exact) mass is 221 g/mol. The van der Waals surface area contributed by atoms with E-state index < -0.39 is 6.04 Å². The zero-order chi connectivity index (χ0) is 11.4. The second-order valence-corrected chi connectivity index (χ2v) is 3.58. The van der Waals surface area contributed by atoms with Crippen LogP contribution in [-0.4, -0.2) is 36.2 Å². The van der Waals surface area contributed by atoms with Crippen molar-refractivity contribution in [2.45, 2.75) is 6.04 Å². The molecule has 16 heavy (non-hydrogen) atoms. The third-order valence-corrected chi connectivity index (χ3v) is 2.56. The maximum Gasteiger partial charge on any atom is 0.141 e. The molecule has 1 aliphatic rings. The molecule has 1 atom stereocenters. The van der Waals surface area contributed by atoms with Crippen molar-refractivity contribution in [1.29, 1.82) is 5.26 Å². The smallest absolute Gasteiger partial charge is 0.141 e. The molecule has 1 saturated heterocycles. The van der Waals surface area contributed by atoms with Gasteiger partial charge in [-0.15, -0.1) is 0 Å². The number of nitriles is 1. The van der Waals surface area contributed by atoms with Crippen LogP contribution in [0.15, 0.2) is 18.3 Å². The fourth-order valence-corrected chi connectivity index (χ4v) is 1.72. The fraction of sp³-hybridized carbons (Fsp3) is 0.455. The molecule has 0 radical (unpaired) electrons. The van der Waals surface area contributed by atoms with Crippen molar-refractivity contribution in [2.24, 2.45) is 0 Å². The van der Waals surface area contributed by atoms with Crippen molar-refractivity contribution in [1.82, 2.24) is 9.88 Å². The number of pyridine rings is 1. The first kappa shape index (κ1) is 11.0. The lowest BCUT2D eigenvalue weighted by Crippen LogP contribution is -2.38. The molecule has 1 fully saturated rings. The third-order valence-electron chi connectivity index (χ3n) is 2.56. The first-order chi connectivity index (χ1) is 7.81. The molecule has 1 unspecified atom stereocenters. The standard InChI is InChI=1S/C11H12FN3O/c12-9-1-2-10(14-8-9)11(7-13)15-3-5-16-6-4-15/h1-2,8,11H,3-6H2. The minimum absolute atomic E-state index is 0.387. The Morgan fingerprint density at radius 1 is 1.44 bits per heavy atom. The van der Waals surface area contributed by atoms with Gasteiger partial charge in [-0.2, -0.15) is 5.26 Å². The Kier molecular flexibility index (Phi) is 3.44. The summed E-state index contributed by atoms with van der Waals surface area (Å²) in [6, 6.07) is 4.66. The molecule has 0 bridgehead atoms. The Morgan fingerprint density at radius 2 is 2.19 bits per heavy atom. The van der Waals surface area contributed by atoms with Crippen LogP contribution in [0.1, 0.15) is 11.7 Å². The van der Waals surface area contributed by atoms with Gasteiger partial charge in [-0.25, -0.2) is 4.39 Å². The van der Waals surface area contributed by atoms with Crippen molar-refractivity contribution in [3.05, 3.63) is 29.8 Å². The minimum Gasteiger partial charge on any atom is -0.379 e. The first-order valence-corrected chi connectivity index (χ1v) is 5.14. The molecule has 0 aliphatic carbocycles. The fourth-order valence-electron chi connectivity index (χ4n) is 1.72. The van der Waals surface area contributed by atoms with E-state index in [0.29, 0.717) is 32.0 Å². The number of ether oxygens (including phenoxy) is 1. The van der Waals surface area contributed by atoms with Crippen LogP contribution < -0.4 is 0 Å². The zero-order valence-corrected chi connectivity index (χ0v) is 8.77. The molecule has 1 aromatic rings. The molecule has 2 heterocycles. The summed E-state index contributed by atoms with van der Waals surface area (Å²) >= 11 is 0. The minimum atomic E-state index is -0.413. The predicted octanol–water partition coefficient (Wildman–Crippen LogP) is 1.12. The van der Waals surface area contributed by atoms with Gasteiger partial charge in [-0.1, -0.05) is 0 Å². The lowest BCUT2D eigenvalue weighted by Gasteiger charge is -2.29. The van der Waals surface area contributed by atoms with Crippen LogP contribution >= 0.6 is 0 Å². The quantitative estimate of drug-likeness (QED) is 0.750. The Labute approximate surface area is 93.3 Å². The SMILES string of the molecule is N#CC(c1ccc(F)cn1)N1CCOCC1. The highest BCUT2D eigenvalue weighted by atomic mass is 19.1. The molecular weight excluding hydrogens is 209 g/mol. The first-order valence-electron chi connectivity index (χ1n) is 5.14. The largest absolute Gasteiger partial charge is 0.379 e. The second kappa shape index (κ2) is 5.01. The molecule has 2 rings (SSSR count). The van der Waals surface area contributed by atoms with Gasteiger partial charge < -0.3 is 4.74 Å². The van der Waals surface area contributed by atoms with Gasteiger partial charge in [0.05, 0.1) is 31.2 Å². The molecule has 4 nitrogen and oxygen atoms in total. The van der Waals surface area contributed by atoms with E-state index in [1.165, 1.54) is 6.07 Å². The summed E-state index contributed by atoms with van der Waals surface area (Å²) in [6.07, 6.45) is 1.14. The molecule has 1 aromatic heterocycles. The maximum absolute atomic E-state index is 12.7. The maximum atomic E-state index is 12.7. The Bertz CT molecular complexity index is 381. The Hall–Kier alpha value is -1.51. The van der Waals surface area contributed by atoms with Crippen LogP contribution in [0.3, 0.4) is 0 Å². The van der Waals surface area contributed by atoms with Crippen LogP contribution in [0, 0.1) is 17.1 Å². The number of nitrogens with zero attached hydrogens (tertiary/aromatic N) is 3. The molecule has 0 saturated carbocycles. The Balaban J connectivity index is 2.15. The predicted molar refractivity (Wildman–Crippen MR) is 54.9 cm³/mol.